The van der Waals surface area contributed by atoms with E-state index in [2.05, 4.69) is 10.1 Å². The lowest BCUT2D eigenvalue weighted by Crippen LogP contribution is -2.32. The van der Waals surface area contributed by atoms with Gasteiger partial charge >= 0.3 is 0 Å². The number of aromatic nitrogens is 2. The van der Waals surface area contributed by atoms with Crippen molar-refractivity contribution in [1.82, 2.24) is 15.0 Å². The molecule has 4 rings (SSSR count). The van der Waals surface area contributed by atoms with Crippen LogP contribution in [0.25, 0.3) is 11.3 Å². The van der Waals surface area contributed by atoms with E-state index in [1.807, 2.05) is 6.07 Å². The molecule has 0 N–H and O–H groups in total. The predicted molar refractivity (Wildman–Crippen MR) is 106 cm³/mol. The molecule has 1 amide bonds. The molecule has 0 bridgehead atoms. The van der Waals surface area contributed by atoms with Gasteiger partial charge in [-0.25, -0.2) is 8.78 Å². The zero-order chi connectivity index (χ0) is 21.1. The number of carbonyl (C=O) groups excluding carboxylic acids is 1. The van der Waals surface area contributed by atoms with Crippen molar-refractivity contribution in [2.24, 2.45) is 0 Å². The van der Waals surface area contributed by atoms with Crippen molar-refractivity contribution in [2.45, 2.75) is 6.04 Å². The van der Waals surface area contributed by atoms with Crippen molar-refractivity contribution >= 4 is 5.91 Å². The third kappa shape index (κ3) is 3.82. The van der Waals surface area contributed by atoms with Crippen molar-refractivity contribution in [2.75, 3.05) is 7.05 Å². The fraction of sp³-hybridized carbons (Fsp3) is 0.0870. The van der Waals surface area contributed by atoms with E-state index in [4.69, 9.17) is 4.52 Å². The first-order valence-electron chi connectivity index (χ1n) is 9.20. The van der Waals surface area contributed by atoms with Crippen LogP contribution in [0.15, 0.2) is 83.5 Å². The molecule has 150 valence electrons. The molecule has 0 fully saturated rings. The highest BCUT2D eigenvalue weighted by Gasteiger charge is 2.28. The summed E-state index contributed by atoms with van der Waals surface area (Å²) < 4.78 is 32.7. The average molecular weight is 405 g/mol. The maximum atomic E-state index is 14.0. The second-order valence-corrected chi connectivity index (χ2v) is 6.68. The molecule has 5 nitrogen and oxygen atoms in total. The van der Waals surface area contributed by atoms with Gasteiger partial charge in [0, 0.05) is 19.3 Å². The summed E-state index contributed by atoms with van der Waals surface area (Å²) in [6, 6.07) is 18.1. The Morgan fingerprint density at radius 1 is 1.00 bits per heavy atom. The molecule has 2 aromatic heterocycles. The number of carbonyl (C=O) groups is 1. The van der Waals surface area contributed by atoms with E-state index in [9.17, 15) is 13.6 Å². The molecule has 0 saturated heterocycles. The lowest BCUT2D eigenvalue weighted by molar-refractivity contribution is 0.0742. The predicted octanol–water partition coefficient (Wildman–Crippen LogP) is 4.88. The van der Waals surface area contributed by atoms with Crippen LogP contribution in [-0.2, 0) is 0 Å². The molecule has 1 atom stereocenters. The number of pyridine rings is 1. The van der Waals surface area contributed by atoms with Gasteiger partial charge in [-0.05, 0) is 42.0 Å². The summed E-state index contributed by atoms with van der Waals surface area (Å²) in [7, 11) is 1.60. The van der Waals surface area contributed by atoms with Crippen LogP contribution in [0, 0.1) is 11.6 Å². The van der Waals surface area contributed by atoms with Gasteiger partial charge in [-0.15, -0.1) is 0 Å². The zero-order valence-electron chi connectivity index (χ0n) is 16.0. The minimum Gasteiger partial charge on any atom is -0.355 e. The van der Waals surface area contributed by atoms with Gasteiger partial charge in [0.1, 0.15) is 11.6 Å². The Labute approximate surface area is 171 Å². The molecule has 0 spiro atoms. The van der Waals surface area contributed by atoms with Gasteiger partial charge in [-0.3, -0.25) is 9.78 Å². The minimum absolute atomic E-state index is 0.0267. The maximum Gasteiger partial charge on any atom is 0.276 e. The summed E-state index contributed by atoms with van der Waals surface area (Å²) in [5.41, 5.74) is 1.53. The van der Waals surface area contributed by atoms with Gasteiger partial charge in [0.2, 0.25) is 0 Å². The molecule has 0 aliphatic carbocycles. The summed E-state index contributed by atoms with van der Waals surface area (Å²) in [4.78, 5) is 18.9. The molecule has 1 unspecified atom stereocenters. The number of hydrogen-bond acceptors (Lipinski definition) is 4. The van der Waals surface area contributed by atoms with E-state index < -0.39 is 17.8 Å². The molecule has 7 heteroatoms. The van der Waals surface area contributed by atoms with Crippen LogP contribution in [0.5, 0.6) is 0 Å². The van der Waals surface area contributed by atoms with Crippen LogP contribution in [0.1, 0.15) is 27.8 Å². The minimum atomic E-state index is -0.576. The van der Waals surface area contributed by atoms with Crippen LogP contribution in [0.4, 0.5) is 8.78 Å². The topological polar surface area (TPSA) is 59.2 Å². The fourth-order valence-corrected chi connectivity index (χ4v) is 3.24. The van der Waals surface area contributed by atoms with Crippen molar-refractivity contribution in [3.63, 3.8) is 0 Å². The standard InChI is InChI=1S/C23H17F2N3O2/c1-28(22(19-8-4-5-13-26-19)15-9-11-16(24)12-10-15)23(29)20-14-21(30-27-20)17-6-2-3-7-18(17)25/h2-14,22H,1H3. The molecule has 0 radical (unpaired) electrons. The first kappa shape index (κ1) is 19.4. The zero-order valence-corrected chi connectivity index (χ0v) is 16.0. The second-order valence-electron chi connectivity index (χ2n) is 6.68. The van der Waals surface area contributed by atoms with Gasteiger partial charge in [-0.1, -0.05) is 35.5 Å². The first-order valence-corrected chi connectivity index (χ1v) is 9.20. The van der Waals surface area contributed by atoms with Gasteiger partial charge in [0.05, 0.1) is 17.3 Å². The largest absolute Gasteiger partial charge is 0.355 e. The number of hydrogen-bond donors (Lipinski definition) is 0. The van der Waals surface area contributed by atoms with Crippen LogP contribution in [0.2, 0.25) is 0 Å². The fourth-order valence-electron chi connectivity index (χ4n) is 3.24. The lowest BCUT2D eigenvalue weighted by Gasteiger charge is -2.27. The molecule has 0 saturated carbocycles. The number of halogens is 2. The van der Waals surface area contributed by atoms with Crippen LogP contribution >= 0.6 is 0 Å². The third-order valence-corrected chi connectivity index (χ3v) is 4.73. The van der Waals surface area contributed by atoms with Gasteiger partial charge in [-0.2, -0.15) is 0 Å². The molecule has 4 aromatic rings. The Balaban J connectivity index is 1.68. The highest BCUT2D eigenvalue weighted by Crippen LogP contribution is 2.29. The molecule has 0 aliphatic heterocycles. The van der Waals surface area contributed by atoms with Crippen molar-refractivity contribution in [1.29, 1.82) is 0 Å². The monoisotopic (exact) mass is 405 g/mol. The van der Waals surface area contributed by atoms with Crippen LogP contribution < -0.4 is 0 Å². The Kier molecular flexibility index (Phi) is 5.34. The summed E-state index contributed by atoms with van der Waals surface area (Å²) in [6.07, 6.45) is 1.62. The van der Waals surface area contributed by atoms with E-state index in [1.54, 1.807) is 55.7 Å². The van der Waals surface area contributed by atoms with E-state index >= 15 is 0 Å². The second kappa shape index (κ2) is 8.24. The summed E-state index contributed by atoms with van der Waals surface area (Å²) in [5, 5.41) is 3.83. The Bertz CT molecular complexity index is 1160. The summed E-state index contributed by atoms with van der Waals surface area (Å²) in [6.45, 7) is 0. The maximum absolute atomic E-state index is 14.0. The van der Waals surface area contributed by atoms with Gasteiger partial charge < -0.3 is 9.42 Å². The molecule has 0 aliphatic rings. The normalized spacial score (nSPS) is 11.8. The van der Waals surface area contributed by atoms with Crippen LogP contribution in [-0.4, -0.2) is 28.0 Å². The Morgan fingerprint density at radius 3 is 2.43 bits per heavy atom. The molecule has 2 heterocycles. The van der Waals surface area contributed by atoms with Crippen molar-refractivity contribution < 1.29 is 18.1 Å². The van der Waals surface area contributed by atoms with E-state index in [0.29, 0.717) is 11.3 Å². The van der Waals surface area contributed by atoms with E-state index in [1.165, 1.54) is 29.2 Å². The molecular weight excluding hydrogens is 388 g/mol. The van der Waals surface area contributed by atoms with Crippen molar-refractivity contribution in [3.8, 4) is 11.3 Å². The van der Waals surface area contributed by atoms with Gasteiger partial charge in [0.25, 0.3) is 5.91 Å². The van der Waals surface area contributed by atoms with Gasteiger partial charge in [0.15, 0.2) is 11.5 Å². The SMILES string of the molecule is CN(C(=O)c1cc(-c2ccccc2F)on1)C(c1ccc(F)cc1)c1ccccn1. The highest BCUT2D eigenvalue weighted by molar-refractivity contribution is 5.93. The molecular formula is C23H17F2N3O2. The lowest BCUT2D eigenvalue weighted by atomic mass is 10.0. The average Bonchev–Trinajstić information content (AvgIpc) is 3.26. The van der Waals surface area contributed by atoms with Crippen LogP contribution in [0.3, 0.4) is 0 Å². The number of amides is 1. The number of rotatable bonds is 5. The Morgan fingerprint density at radius 2 is 1.73 bits per heavy atom. The first-order chi connectivity index (χ1) is 14.5. The van der Waals surface area contributed by atoms with E-state index in [0.717, 1.165) is 0 Å². The number of benzene rings is 2. The van der Waals surface area contributed by atoms with E-state index in [-0.39, 0.29) is 22.8 Å². The summed E-state index contributed by atoms with van der Waals surface area (Å²) in [5.74, 6) is -1.14. The quantitative estimate of drug-likeness (QED) is 0.475. The summed E-state index contributed by atoms with van der Waals surface area (Å²) >= 11 is 0. The third-order valence-electron chi connectivity index (χ3n) is 4.73. The number of nitrogens with zero attached hydrogens (tertiary/aromatic N) is 3. The highest BCUT2D eigenvalue weighted by atomic mass is 19.1. The molecule has 2 aromatic carbocycles. The smallest absolute Gasteiger partial charge is 0.276 e. The molecule has 30 heavy (non-hydrogen) atoms. The van der Waals surface area contributed by atoms with Crippen molar-refractivity contribution in [3.05, 3.63) is 108 Å². The Hall–Kier alpha value is -3.87.